The summed E-state index contributed by atoms with van der Waals surface area (Å²) in [4.78, 5) is 15.8. The molecule has 0 aliphatic heterocycles. The first kappa shape index (κ1) is 13.3. The molecule has 0 atom stereocenters. The number of nitrogens with zero attached hydrogens (tertiary/aromatic N) is 2. The largest absolute Gasteiger partial charge is 0.464 e. The van der Waals surface area contributed by atoms with Crippen LogP contribution in [0.25, 0.3) is 0 Å². The average molecular weight is 258 g/mol. The highest BCUT2D eigenvalue weighted by Crippen LogP contribution is 2.10. The van der Waals surface area contributed by atoms with Gasteiger partial charge in [0.25, 0.3) is 0 Å². The molecule has 0 fully saturated rings. The third kappa shape index (κ3) is 3.22. The first-order valence-electron chi connectivity index (χ1n) is 6.36. The van der Waals surface area contributed by atoms with Gasteiger partial charge in [0.15, 0.2) is 0 Å². The van der Waals surface area contributed by atoms with Gasteiger partial charge in [0.1, 0.15) is 11.5 Å². The van der Waals surface area contributed by atoms with Gasteiger partial charge in [0.05, 0.1) is 13.3 Å². The second-order valence-electron chi connectivity index (χ2n) is 4.42. The van der Waals surface area contributed by atoms with Crippen molar-refractivity contribution in [3.05, 3.63) is 53.6 Å². The Morgan fingerprint density at radius 2 is 2.05 bits per heavy atom. The molecule has 0 bridgehead atoms. The zero-order valence-electron chi connectivity index (χ0n) is 11.3. The lowest BCUT2D eigenvalue weighted by Crippen LogP contribution is -2.12. The van der Waals surface area contributed by atoms with Gasteiger partial charge in [-0.3, -0.25) is 0 Å². The summed E-state index contributed by atoms with van der Waals surface area (Å²) >= 11 is 0. The minimum absolute atomic E-state index is 0.333. The number of aryl methyl sites for hydroxylation is 2. The molecule has 2 aromatic rings. The van der Waals surface area contributed by atoms with E-state index in [4.69, 9.17) is 4.74 Å². The van der Waals surface area contributed by atoms with Crippen LogP contribution in [-0.2, 0) is 17.7 Å². The Balaban J connectivity index is 2.00. The third-order valence-electron chi connectivity index (χ3n) is 3.14. The monoisotopic (exact) mass is 258 g/mol. The second-order valence-corrected chi connectivity index (χ2v) is 4.42. The zero-order valence-corrected chi connectivity index (χ0v) is 11.3. The molecule has 0 unspecified atom stereocenters. The van der Waals surface area contributed by atoms with Crippen LogP contribution in [0.15, 0.2) is 36.5 Å². The quantitative estimate of drug-likeness (QED) is 0.774. The summed E-state index contributed by atoms with van der Waals surface area (Å²) in [5, 5.41) is 0. The van der Waals surface area contributed by atoms with E-state index < -0.39 is 0 Å². The summed E-state index contributed by atoms with van der Waals surface area (Å²) in [6.07, 6.45) is 3.52. The Morgan fingerprint density at radius 1 is 1.32 bits per heavy atom. The summed E-state index contributed by atoms with van der Waals surface area (Å²) in [7, 11) is 1.39. The lowest BCUT2D eigenvalue weighted by molar-refractivity contribution is 0.0588. The van der Waals surface area contributed by atoms with Crippen LogP contribution in [0.1, 0.15) is 28.3 Å². The number of imidazole rings is 1. The van der Waals surface area contributed by atoms with Crippen molar-refractivity contribution < 1.29 is 9.53 Å². The number of hydrogen-bond donors (Lipinski definition) is 0. The topological polar surface area (TPSA) is 44.1 Å². The number of methoxy groups -OCH3 is 1. The summed E-state index contributed by atoms with van der Waals surface area (Å²) in [6.45, 7) is 2.67. The van der Waals surface area contributed by atoms with Gasteiger partial charge >= 0.3 is 5.97 Å². The first-order valence-corrected chi connectivity index (χ1v) is 6.36. The molecule has 1 aromatic carbocycles. The number of benzene rings is 1. The molecule has 2 rings (SSSR count). The van der Waals surface area contributed by atoms with E-state index in [1.165, 1.54) is 12.7 Å². The maximum Gasteiger partial charge on any atom is 0.356 e. The Hall–Kier alpha value is -2.10. The molecule has 100 valence electrons. The van der Waals surface area contributed by atoms with Gasteiger partial charge in [-0.2, -0.15) is 0 Å². The standard InChI is InChI=1S/C15H18N2O2/c1-12-16-11-14(15(18)19-2)17(12)10-6-9-13-7-4-3-5-8-13/h3-5,7-8,11H,6,9-10H2,1-2H3. The minimum atomic E-state index is -0.333. The zero-order chi connectivity index (χ0) is 13.7. The Morgan fingerprint density at radius 3 is 2.74 bits per heavy atom. The van der Waals surface area contributed by atoms with E-state index in [9.17, 15) is 4.79 Å². The predicted molar refractivity (Wildman–Crippen MR) is 73.1 cm³/mol. The fourth-order valence-electron chi connectivity index (χ4n) is 2.10. The smallest absolute Gasteiger partial charge is 0.356 e. The highest BCUT2D eigenvalue weighted by atomic mass is 16.5. The van der Waals surface area contributed by atoms with E-state index in [1.54, 1.807) is 6.20 Å². The van der Waals surface area contributed by atoms with Gasteiger partial charge < -0.3 is 9.30 Å². The lowest BCUT2D eigenvalue weighted by Gasteiger charge is -2.09. The van der Waals surface area contributed by atoms with Crippen molar-refractivity contribution in [2.45, 2.75) is 26.3 Å². The van der Waals surface area contributed by atoms with Crippen LogP contribution in [-0.4, -0.2) is 22.6 Å². The van der Waals surface area contributed by atoms with Gasteiger partial charge in [-0.15, -0.1) is 0 Å². The highest BCUT2D eigenvalue weighted by Gasteiger charge is 2.14. The molecule has 19 heavy (non-hydrogen) atoms. The van der Waals surface area contributed by atoms with Crippen LogP contribution in [0, 0.1) is 6.92 Å². The fraction of sp³-hybridized carbons (Fsp3) is 0.333. The van der Waals surface area contributed by atoms with Crippen LogP contribution < -0.4 is 0 Å². The van der Waals surface area contributed by atoms with Gasteiger partial charge in [0, 0.05) is 6.54 Å². The van der Waals surface area contributed by atoms with E-state index in [-0.39, 0.29) is 5.97 Å². The van der Waals surface area contributed by atoms with E-state index in [0.29, 0.717) is 5.69 Å². The van der Waals surface area contributed by atoms with Crippen molar-refractivity contribution in [3.8, 4) is 0 Å². The van der Waals surface area contributed by atoms with Crippen LogP contribution in [0.2, 0.25) is 0 Å². The molecular formula is C15H18N2O2. The third-order valence-corrected chi connectivity index (χ3v) is 3.14. The number of carbonyl (C=O) groups is 1. The van der Waals surface area contributed by atoms with Crippen molar-refractivity contribution >= 4 is 5.97 Å². The number of carbonyl (C=O) groups excluding carboxylic acids is 1. The molecule has 4 nitrogen and oxygen atoms in total. The molecule has 0 spiro atoms. The van der Waals surface area contributed by atoms with E-state index in [0.717, 1.165) is 25.2 Å². The minimum Gasteiger partial charge on any atom is -0.464 e. The fourth-order valence-corrected chi connectivity index (χ4v) is 2.10. The van der Waals surface area contributed by atoms with Crippen LogP contribution >= 0.6 is 0 Å². The molecule has 1 heterocycles. The van der Waals surface area contributed by atoms with Gasteiger partial charge in [-0.25, -0.2) is 9.78 Å². The van der Waals surface area contributed by atoms with Gasteiger partial charge in [0.2, 0.25) is 0 Å². The van der Waals surface area contributed by atoms with Crippen molar-refractivity contribution in [2.24, 2.45) is 0 Å². The summed E-state index contributed by atoms with van der Waals surface area (Å²) in [5.41, 5.74) is 1.83. The molecule has 1 aromatic heterocycles. The Kier molecular flexibility index (Phi) is 4.34. The number of ether oxygens (including phenoxy) is 1. The van der Waals surface area contributed by atoms with Gasteiger partial charge in [-0.05, 0) is 25.3 Å². The van der Waals surface area contributed by atoms with Crippen molar-refractivity contribution in [3.63, 3.8) is 0 Å². The average Bonchev–Trinajstić information content (AvgIpc) is 2.81. The van der Waals surface area contributed by atoms with Crippen LogP contribution in [0.3, 0.4) is 0 Å². The molecule has 0 aliphatic rings. The Labute approximate surface area is 113 Å². The molecule has 0 aliphatic carbocycles. The summed E-state index contributed by atoms with van der Waals surface area (Å²) in [6, 6.07) is 10.3. The first-order chi connectivity index (χ1) is 9.22. The Bertz CT molecular complexity index is 547. The second kappa shape index (κ2) is 6.18. The molecule has 0 N–H and O–H groups in total. The van der Waals surface area contributed by atoms with Crippen molar-refractivity contribution in [1.29, 1.82) is 0 Å². The molecule has 0 saturated carbocycles. The number of hydrogen-bond acceptors (Lipinski definition) is 3. The SMILES string of the molecule is COC(=O)c1cnc(C)n1CCCc1ccccc1. The van der Waals surface area contributed by atoms with E-state index >= 15 is 0 Å². The van der Waals surface area contributed by atoms with E-state index in [2.05, 4.69) is 17.1 Å². The van der Waals surface area contributed by atoms with Crippen molar-refractivity contribution in [1.82, 2.24) is 9.55 Å². The molecular weight excluding hydrogens is 240 g/mol. The maximum atomic E-state index is 11.6. The summed E-state index contributed by atoms with van der Waals surface area (Å²) < 4.78 is 6.67. The molecule has 0 saturated heterocycles. The lowest BCUT2D eigenvalue weighted by atomic mass is 10.1. The molecule has 0 amide bonds. The highest BCUT2D eigenvalue weighted by molar-refractivity contribution is 5.87. The van der Waals surface area contributed by atoms with Crippen LogP contribution in [0.5, 0.6) is 0 Å². The van der Waals surface area contributed by atoms with Crippen LogP contribution in [0.4, 0.5) is 0 Å². The molecule has 0 radical (unpaired) electrons. The van der Waals surface area contributed by atoms with E-state index in [1.807, 2.05) is 29.7 Å². The summed E-state index contributed by atoms with van der Waals surface area (Å²) in [5.74, 6) is 0.508. The number of rotatable bonds is 5. The number of esters is 1. The normalized spacial score (nSPS) is 10.4. The van der Waals surface area contributed by atoms with Gasteiger partial charge in [-0.1, -0.05) is 30.3 Å². The predicted octanol–water partition coefficient (Wildman–Crippen LogP) is 2.61. The number of aromatic nitrogens is 2. The molecule has 4 heteroatoms. The maximum absolute atomic E-state index is 11.6. The van der Waals surface area contributed by atoms with Crippen molar-refractivity contribution in [2.75, 3.05) is 7.11 Å².